The van der Waals surface area contributed by atoms with Gasteiger partial charge in [-0.2, -0.15) is 0 Å². The van der Waals surface area contributed by atoms with E-state index in [0.717, 1.165) is 12.0 Å². The van der Waals surface area contributed by atoms with Crippen molar-refractivity contribution in [3.8, 4) is 0 Å². The number of hydrogen-bond acceptors (Lipinski definition) is 3. The first kappa shape index (κ1) is 13.3. The molecule has 0 aliphatic rings. The second-order valence-electron chi connectivity index (χ2n) is 3.83. The first-order valence-electron chi connectivity index (χ1n) is 5.50. The standard InChI is InChI=1S/C13H18O2S/c1-10(8-9-14)16-11(2)13(15)12-6-4-3-5-7-12/h3-7,10-11,14H,8-9H2,1-2H3. The number of benzene rings is 1. The van der Waals surface area contributed by atoms with Gasteiger partial charge in [0.05, 0.1) is 5.25 Å². The van der Waals surface area contributed by atoms with Gasteiger partial charge in [-0.05, 0) is 13.3 Å². The van der Waals surface area contributed by atoms with Crippen LogP contribution in [0.3, 0.4) is 0 Å². The Bertz CT molecular complexity index is 324. The average molecular weight is 238 g/mol. The lowest BCUT2D eigenvalue weighted by molar-refractivity contribution is 0.0993. The summed E-state index contributed by atoms with van der Waals surface area (Å²) in [6.45, 7) is 4.14. The van der Waals surface area contributed by atoms with E-state index in [0.29, 0.717) is 5.25 Å². The van der Waals surface area contributed by atoms with Crippen molar-refractivity contribution in [2.24, 2.45) is 0 Å². The van der Waals surface area contributed by atoms with Gasteiger partial charge in [-0.15, -0.1) is 11.8 Å². The molecule has 0 fully saturated rings. The van der Waals surface area contributed by atoms with Gasteiger partial charge in [-0.25, -0.2) is 0 Å². The summed E-state index contributed by atoms with van der Waals surface area (Å²) in [6.07, 6.45) is 0.733. The van der Waals surface area contributed by atoms with E-state index in [-0.39, 0.29) is 17.6 Å². The molecule has 16 heavy (non-hydrogen) atoms. The minimum absolute atomic E-state index is 0.0519. The van der Waals surface area contributed by atoms with Crippen molar-refractivity contribution < 1.29 is 9.90 Å². The van der Waals surface area contributed by atoms with E-state index in [1.807, 2.05) is 44.2 Å². The summed E-state index contributed by atoms with van der Waals surface area (Å²) in [7, 11) is 0. The highest BCUT2D eigenvalue weighted by molar-refractivity contribution is 8.01. The Labute approximate surface area is 101 Å². The second kappa shape index (κ2) is 6.71. The molecule has 2 nitrogen and oxygen atoms in total. The third-order valence-corrected chi connectivity index (χ3v) is 3.72. The van der Waals surface area contributed by atoms with Crippen molar-refractivity contribution in [1.82, 2.24) is 0 Å². The Hall–Kier alpha value is -0.800. The summed E-state index contributed by atoms with van der Waals surface area (Å²) in [5.41, 5.74) is 0.763. The molecule has 88 valence electrons. The maximum Gasteiger partial charge on any atom is 0.175 e. The monoisotopic (exact) mass is 238 g/mol. The molecule has 0 saturated carbocycles. The lowest BCUT2D eigenvalue weighted by Crippen LogP contribution is -2.17. The first-order valence-corrected chi connectivity index (χ1v) is 6.45. The van der Waals surface area contributed by atoms with Gasteiger partial charge in [0.15, 0.2) is 5.78 Å². The number of carbonyl (C=O) groups excluding carboxylic acids is 1. The van der Waals surface area contributed by atoms with Gasteiger partial charge >= 0.3 is 0 Å². The second-order valence-corrected chi connectivity index (χ2v) is 5.62. The molecule has 0 aliphatic carbocycles. The number of aliphatic hydroxyl groups excluding tert-OH is 1. The van der Waals surface area contributed by atoms with Gasteiger partial charge in [0.2, 0.25) is 0 Å². The maximum absolute atomic E-state index is 12.0. The SMILES string of the molecule is CC(CCO)SC(C)C(=O)c1ccccc1. The molecular weight excluding hydrogens is 220 g/mol. The quantitative estimate of drug-likeness (QED) is 0.774. The molecule has 1 N–H and O–H groups in total. The van der Waals surface area contributed by atoms with Gasteiger partial charge in [0.25, 0.3) is 0 Å². The van der Waals surface area contributed by atoms with E-state index < -0.39 is 0 Å². The van der Waals surface area contributed by atoms with Crippen LogP contribution >= 0.6 is 11.8 Å². The Morgan fingerprint density at radius 1 is 1.31 bits per heavy atom. The number of rotatable bonds is 6. The fourth-order valence-electron chi connectivity index (χ4n) is 1.50. The predicted molar refractivity (Wildman–Crippen MR) is 69.0 cm³/mol. The molecule has 1 aromatic carbocycles. The molecular formula is C13H18O2S. The van der Waals surface area contributed by atoms with Gasteiger partial charge < -0.3 is 5.11 Å². The third-order valence-electron chi connectivity index (χ3n) is 2.40. The molecule has 0 heterocycles. The van der Waals surface area contributed by atoms with Crippen molar-refractivity contribution in [3.63, 3.8) is 0 Å². The van der Waals surface area contributed by atoms with E-state index in [4.69, 9.17) is 5.11 Å². The highest BCUT2D eigenvalue weighted by atomic mass is 32.2. The summed E-state index contributed by atoms with van der Waals surface area (Å²) < 4.78 is 0. The summed E-state index contributed by atoms with van der Waals surface area (Å²) in [4.78, 5) is 12.0. The van der Waals surface area contributed by atoms with E-state index in [1.165, 1.54) is 0 Å². The number of Topliss-reactive ketones (excluding diaryl/α,β-unsaturated/α-hetero) is 1. The van der Waals surface area contributed by atoms with Gasteiger partial charge in [0.1, 0.15) is 0 Å². The molecule has 0 aliphatic heterocycles. The summed E-state index contributed by atoms with van der Waals surface area (Å²) in [5, 5.41) is 9.07. The lowest BCUT2D eigenvalue weighted by Gasteiger charge is -2.15. The fraction of sp³-hybridized carbons (Fsp3) is 0.462. The normalized spacial score (nSPS) is 14.4. The van der Waals surface area contributed by atoms with Crippen LogP contribution in [-0.2, 0) is 0 Å². The van der Waals surface area contributed by atoms with Crippen LogP contribution in [0.1, 0.15) is 30.6 Å². The van der Waals surface area contributed by atoms with Crippen LogP contribution < -0.4 is 0 Å². The zero-order valence-electron chi connectivity index (χ0n) is 9.72. The molecule has 0 amide bonds. The molecule has 0 radical (unpaired) electrons. The predicted octanol–water partition coefficient (Wildman–Crippen LogP) is 2.76. The van der Waals surface area contributed by atoms with Crippen LogP contribution in [0, 0.1) is 0 Å². The van der Waals surface area contributed by atoms with E-state index in [1.54, 1.807) is 11.8 Å². The molecule has 0 saturated heterocycles. The molecule has 2 unspecified atom stereocenters. The van der Waals surface area contributed by atoms with E-state index >= 15 is 0 Å². The zero-order chi connectivity index (χ0) is 12.0. The molecule has 1 rings (SSSR count). The minimum atomic E-state index is -0.0519. The topological polar surface area (TPSA) is 37.3 Å². The van der Waals surface area contributed by atoms with Crippen LogP contribution in [0.4, 0.5) is 0 Å². The number of carbonyl (C=O) groups is 1. The van der Waals surface area contributed by atoms with E-state index in [9.17, 15) is 4.79 Å². The average Bonchev–Trinajstić information content (AvgIpc) is 2.29. The molecule has 1 aromatic rings. The van der Waals surface area contributed by atoms with Crippen molar-refractivity contribution in [2.75, 3.05) is 6.61 Å². The van der Waals surface area contributed by atoms with Crippen LogP contribution in [0.25, 0.3) is 0 Å². The van der Waals surface area contributed by atoms with Gasteiger partial charge in [-0.3, -0.25) is 4.79 Å². The molecule has 0 spiro atoms. The molecule has 0 aromatic heterocycles. The van der Waals surface area contributed by atoms with Crippen molar-refractivity contribution in [2.45, 2.75) is 30.8 Å². The summed E-state index contributed by atoms with van der Waals surface area (Å²) in [5.74, 6) is 0.162. The third kappa shape index (κ3) is 3.99. The van der Waals surface area contributed by atoms with Crippen LogP contribution in [0.15, 0.2) is 30.3 Å². The number of aliphatic hydroxyl groups is 1. The Morgan fingerprint density at radius 2 is 1.94 bits per heavy atom. The molecule has 3 heteroatoms. The van der Waals surface area contributed by atoms with Crippen LogP contribution in [-0.4, -0.2) is 28.0 Å². The highest BCUT2D eigenvalue weighted by Gasteiger charge is 2.17. The van der Waals surface area contributed by atoms with Crippen molar-refractivity contribution in [1.29, 1.82) is 0 Å². The first-order chi connectivity index (χ1) is 7.65. The van der Waals surface area contributed by atoms with Crippen LogP contribution in [0.2, 0.25) is 0 Å². The smallest absolute Gasteiger partial charge is 0.175 e. The Morgan fingerprint density at radius 3 is 2.50 bits per heavy atom. The Kier molecular flexibility index (Phi) is 5.56. The van der Waals surface area contributed by atoms with Gasteiger partial charge in [-0.1, -0.05) is 37.3 Å². The maximum atomic E-state index is 12.0. The lowest BCUT2D eigenvalue weighted by atomic mass is 10.1. The number of hydrogen-bond donors (Lipinski definition) is 1. The zero-order valence-corrected chi connectivity index (χ0v) is 10.5. The molecule has 2 atom stereocenters. The minimum Gasteiger partial charge on any atom is -0.396 e. The fourth-order valence-corrected chi connectivity index (χ4v) is 2.70. The number of thioether (sulfide) groups is 1. The van der Waals surface area contributed by atoms with Crippen molar-refractivity contribution >= 4 is 17.5 Å². The highest BCUT2D eigenvalue weighted by Crippen LogP contribution is 2.22. The van der Waals surface area contributed by atoms with Crippen LogP contribution in [0.5, 0.6) is 0 Å². The van der Waals surface area contributed by atoms with Gasteiger partial charge in [0, 0.05) is 17.4 Å². The summed E-state index contributed by atoms with van der Waals surface area (Å²) >= 11 is 1.62. The van der Waals surface area contributed by atoms with Crippen molar-refractivity contribution in [3.05, 3.63) is 35.9 Å². The van der Waals surface area contributed by atoms with E-state index in [2.05, 4.69) is 0 Å². The largest absolute Gasteiger partial charge is 0.396 e. The summed E-state index contributed by atoms with van der Waals surface area (Å²) in [6, 6.07) is 9.35. The number of ketones is 1. The Balaban J connectivity index is 2.55. The molecule has 0 bridgehead atoms.